The summed E-state index contributed by atoms with van der Waals surface area (Å²) in [5.74, 6) is 0.904. The predicted octanol–water partition coefficient (Wildman–Crippen LogP) is 4.94. The van der Waals surface area contributed by atoms with Crippen LogP contribution in [0.15, 0.2) is 45.8 Å². The van der Waals surface area contributed by atoms with Gasteiger partial charge in [-0.05, 0) is 54.8 Å². The number of hydrogen-bond acceptors (Lipinski definition) is 2. The standard InChI is InChI=1S/C15H16BrNS/c1-10-3-6-14(7-11(10)2)18-9-12-4-5-13(16)8-15(12)17/h3-8H,9,17H2,1-2H3. The average molecular weight is 322 g/mol. The van der Waals surface area contributed by atoms with Gasteiger partial charge in [0, 0.05) is 20.8 Å². The van der Waals surface area contributed by atoms with Crippen molar-refractivity contribution in [2.45, 2.75) is 24.5 Å². The van der Waals surface area contributed by atoms with Crippen LogP contribution in [0.5, 0.6) is 0 Å². The fraction of sp³-hybridized carbons (Fsp3) is 0.200. The Balaban J connectivity index is 2.09. The van der Waals surface area contributed by atoms with Crippen LogP contribution in [0.3, 0.4) is 0 Å². The van der Waals surface area contributed by atoms with Gasteiger partial charge in [0.05, 0.1) is 0 Å². The molecule has 18 heavy (non-hydrogen) atoms. The zero-order valence-corrected chi connectivity index (χ0v) is 12.9. The number of aryl methyl sites for hydroxylation is 2. The molecule has 1 nitrogen and oxygen atoms in total. The Morgan fingerprint density at radius 2 is 1.83 bits per heavy atom. The van der Waals surface area contributed by atoms with E-state index in [1.165, 1.54) is 21.6 Å². The molecule has 2 N–H and O–H groups in total. The first kappa shape index (κ1) is 13.5. The molecule has 0 aliphatic heterocycles. The maximum absolute atomic E-state index is 6.00. The summed E-state index contributed by atoms with van der Waals surface area (Å²) in [7, 11) is 0. The third-order valence-corrected chi connectivity index (χ3v) is 4.52. The lowest BCUT2D eigenvalue weighted by Crippen LogP contribution is -1.92. The molecule has 0 amide bonds. The van der Waals surface area contributed by atoms with Crippen molar-refractivity contribution >= 4 is 33.4 Å². The van der Waals surface area contributed by atoms with Crippen LogP contribution in [0.2, 0.25) is 0 Å². The van der Waals surface area contributed by atoms with Gasteiger partial charge < -0.3 is 5.73 Å². The summed E-state index contributed by atoms with van der Waals surface area (Å²) in [4.78, 5) is 1.29. The summed E-state index contributed by atoms with van der Waals surface area (Å²) >= 11 is 5.24. The second-order valence-electron chi connectivity index (χ2n) is 4.38. The van der Waals surface area contributed by atoms with E-state index in [2.05, 4.69) is 54.0 Å². The van der Waals surface area contributed by atoms with Crippen molar-refractivity contribution in [3.63, 3.8) is 0 Å². The van der Waals surface area contributed by atoms with Gasteiger partial charge in [0.15, 0.2) is 0 Å². The van der Waals surface area contributed by atoms with Crippen LogP contribution in [-0.2, 0) is 5.75 Å². The smallest absolute Gasteiger partial charge is 0.0366 e. The zero-order valence-electron chi connectivity index (χ0n) is 10.5. The minimum absolute atomic E-state index is 0.848. The van der Waals surface area contributed by atoms with Gasteiger partial charge in [-0.1, -0.05) is 28.1 Å². The van der Waals surface area contributed by atoms with E-state index in [0.29, 0.717) is 0 Å². The Hall–Kier alpha value is -0.930. The lowest BCUT2D eigenvalue weighted by molar-refractivity contribution is 1.27. The Morgan fingerprint density at radius 1 is 1.06 bits per heavy atom. The summed E-state index contributed by atoms with van der Waals surface area (Å²) in [6.45, 7) is 4.28. The molecule has 2 aromatic rings. The molecule has 0 radical (unpaired) electrons. The van der Waals surface area contributed by atoms with E-state index in [4.69, 9.17) is 5.73 Å². The highest BCUT2D eigenvalue weighted by atomic mass is 79.9. The second kappa shape index (κ2) is 5.81. The van der Waals surface area contributed by atoms with Crippen molar-refractivity contribution in [3.05, 3.63) is 57.6 Å². The summed E-state index contributed by atoms with van der Waals surface area (Å²) in [5, 5.41) is 0. The third kappa shape index (κ3) is 3.30. The van der Waals surface area contributed by atoms with Gasteiger partial charge in [0.1, 0.15) is 0 Å². The number of halogens is 1. The summed E-state index contributed by atoms with van der Waals surface area (Å²) < 4.78 is 1.03. The highest BCUT2D eigenvalue weighted by Gasteiger charge is 2.02. The maximum atomic E-state index is 6.00. The van der Waals surface area contributed by atoms with Crippen molar-refractivity contribution in [2.24, 2.45) is 0 Å². The molecule has 0 atom stereocenters. The molecule has 2 rings (SSSR count). The maximum Gasteiger partial charge on any atom is 0.0366 e. The number of anilines is 1. The molecule has 0 spiro atoms. The number of nitrogens with two attached hydrogens (primary N) is 1. The minimum Gasteiger partial charge on any atom is -0.398 e. The van der Waals surface area contributed by atoms with Crippen LogP contribution in [0, 0.1) is 13.8 Å². The Kier molecular flexibility index (Phi) is 4.36. The van der Waals surface area contributed by atoms with E-state index in [1.54, 1.807) is 0 Å². The van der Waals surface area contributed by atoms with E-state index in [0.717, 1.165) is 15.9 Å². The second-order valence-corrected chi connectivity index (χ2v) is 6.34. The molecule has 0 saturated carbocycles. The lowest BCUT2D eigenvalue weighted by Gasteiger charge is -2.07. The minimum atomic E-state index is 0.848. The predicted molar refractivity (Wildman–Crippen MR) is 84.0 cm³/mol. The number of benzene rings is 2. The Labute approximate surface area is 121 Å². The van der Waals surface area contributed by atoms with Crippen molar-refractivity contribution in [3.8, 4) is 0 Å². The van der Waals surface area contributed by atoms with Gasteiger partial charge >= 0.3 is 0 Å². The molecule has 94 valence electrons. The number of rotatable bonds is 3. The quantitative estimate of drug-likeness (QED) is 0.640. The largest absolute Gasteiger partial charge is 0.398 e. The molecule has 0 unspecified atom stereocenters. The fourth-order valence-electron chi connectivity index (χ4n) is 1.66. The summed E-state index contributed by atoms with van der Waals surface area (Å²) in [6.07, 6.45) is 0. The SMILES string of the molecule is Cc1ccc(SCc2ccc(Br)cc2N)cc1C. The molecule has 2 aromatic carbocycles. The third-order valence-electron chi connectivity index (χ3n) is 2.98. The molecule has 0 fully saturated rings. The van der Waals surface area contributed by atoms with Crippen molar-refractivity contribution < 1.29 is 0 Å². The van der Waals surface area contributed by atoms with Crippen LogP contribution in [0.4, 0.5) is 5.69 Å². The number of nitrogen functional groups attached to an aromatic ring is 1. The summed E-state index contributed by atoms with van der Waals surface area (Å²) in [5.41, 5.74) is 10.7. The molecule has 3 heteroatoms. The fourth-order valence-corrected chi connectivity index (χ4v) is 3.05. The zero-order chi connectivity index (χ0) is 13.1. The molecule has 0 saturated heterocycles. The van der Waals surface area contributed by atoms with Gasteiger partial charge in [-0.25, -0.2) is 0 Å². The van der Waals surface area contributed by atoms with Crippen LogP contribution < -0.4 is 5.73 Å². The molecular formula is C15H16BrNS. The number of thioether (sulfide) groups is 1. The lowest BCUT2D eigenvalue weighted by atomic mass is 10.1. The van der Waals surface area contributed by atoms with Gasteiger partial charge in [-0.3, -0.25) is 0 Å². The van der Waals surface area contributed by atoms with Gasteiger partial charge in [0.25, 0.3) is 0 Å². The van der Waals surface area contributed by atoms with E-state index in [9.17, 15) is 0 Å². The molecule has 0 bridgehead atoms. The van der Waals surface area contributed by atoms with Crippen LogP contribution in [-0.4, -0.2) is 0 Å². The molecule has 0 heterocycles. The Bertz CT molecular complexity index is 566. The molecule has 0 aliphatic carbocycles. The van der Waals surface area contributed by atoms with E-state index >= 15 is 0 Å². The molecule has 0 aromatic heterocycles. The van der Waals surface area contributed by atoms with Gasteiger partial charge in [-0.2, -0.15) is 0 Å². The molecule has 0 aliphatic rings. The average Bonchev–Trinajstić information content (AvgIpc) is 2.32. The van der Waals surface area contributed by atoms with Crippen LogP contribution in [0.25, 0.3) is 0 Å². The first-order valence-electron chi connectivity index (χ1n) is 5.80. The van der Waals surface area contributed by atoms with Crippen molar-refractivity contribution in [2.75, 3.05) is 5.73 Å². The van der Waals surface area contributed by atoms with Gasteiger partial charge in [-0.15, -0.1) is 11.8 Å². The van der Waals surface area contributed by atoms with E-state index in [-0.39, 0.29) is 0 Å². The van der Waals surface area contributed by atoms with Gasteiger partial charge in [0.2, 0.25) is 0 Å². The molecular weight excluding hydrogens is 306 g/mol. The van der Waals surface area contributed by atoms with Crippen molar-refractivity contribution in [1.82, 2.24) is 0 Å². The normalized spacial score (nSPS) is 10.6. The van der Waals surface area contributed by atoms with E-state index in [1.807, 2.05) is 23.9 Å². The summed E-state index contributed by atoms with van der Waals surface area (Å²) in [6, 6.07) is 12.6. The first-order valence-corrected chi connectivity index (χ1v) is 7.58. The highest BCUT2D eigenvalue weighted by Crippen LogP contribution is 2.28. The van der Waals surface area contributed by atoms with E-state index < -0.39 is 0 Å². The first-order chi connectivity index (χ1) is 8.56. The highest BCUT2D eigenvalue weighted by molar-refractivity contribution is 9.10. The monoisotopic (exact) mass is 321 g/mol. The van der Waals surface area contributed by atoms with Crippen molar-refractivity contribution in [1.29, 1.82) is 0 Å². The Morgan fingerprint density at radius 3 is 2.50 bits per heavy atom. The topological polar surface area (TPSA) is 26.0 Å². The number of hydrogen-bond donors (Lipinski definition) is 1. The van der Waals surface area contributed by atoms with Crippen LogP contribution in [0.1, 0.15) is 16.7 Å². The van der Waals surface area contributed by atoms with Crippen LogP contribution >= 0.6 is 27.7 Å².